The molecule has 0 spiro atoms. The molecule has 0 aliphatic carbocycles. The highest BCUT2D eigenvalue weighted by atomic mass is 16.7. The standard InChI is InChI=1S/C10H16O8/c1-4(11)17-7-5(12)6(13)10(16-3)18-8(7)9(14)15-2/h5-8,10,12-13H,1-3H3/t5-,6-,7-,8+,10+/m1/s1. The minimum atomic E-state index is -1.52. The summed E-state index contributed by atoms with van der Waals surface area (Å²) in [6.45, 7) is 1.11. The van der Waals surface area contributed by atoms with Crippen molar-refractivity contribution in [2.24, 2.45) is 0 Å². The van der Waals surface area contributed by atoms with Gasteiger partial charge in [-0.2, -0.15) is 0 Å². The van der Waals surface area contributed by atoms with E-state index in [1.165, 1.54) is 7.11 Å². The lowest BCUT2D eigenvalue weighted by Gasteiger charge is -2.39. The van der Waals surface area contributed by atoms with Gasteiger partial charge in [-0.05, 0) is 0 Å². The van der Waals surface area contributed by atoms with Gasteiger partial charge in [0.1, 0.15) is 12.2 Å². The molecule has 0 unspecified atom stereocenters. The van der Waals surface area contributed by atoms with Crippen LogP contribution in [0.5, 0.6) is 0 Å². The van der Waals surface area contributed by atoms with Crippen molar-refractivity contribution in [1.29, 1.82) is 0 Å². The van der Waals surface area contributed by atoms with Gasteiger partial charge in [-0.15, -0.1) is 0 Å². The molecular formula is C10H16O8. The van der Waals surface area contributed by atoms with E-state index in [0.29, 0.717) is 0 Å². The summed E-state index contributed by atoms with van der Waals surface area (Å²) < 4.78 is 19.1. The topological polar surface area (TPSA) is 112 Å². The molecule has 2 N–H and O–H groups in total. The third-order valence-corrected chi connectivity index (χ3v) is 2.51. The second-order valence-corrected chi connectivity index (χ2v) is 3.74. The van der Waals surface area contributed by atoms with Gasteiger partial charge in [0.25, 0.3) is 0 Å². The molecule has 0 saturated carbocycles. The molecule has 1 heterocycles. The summed E-state index contributed by atoms with van der Waals surface area (Å²) in [6.07, 6.45) is -6.88. The predicted molar refractivity (Wildman–Crippen MR) is 55.3 cm³/mol. The quantitative estimate of drug-likeness (QED) is 0.573. The maximum Gasteiger partial charge on any atom is 0.339 e. The normalized spacial score (nSPS) is 35.9. The zero-order valence-electron chi connectivity index (χ0n) is 10.2. The summed E-state index contributed by atoms with van der Waals surface area (Å²) in [5.74, 6) is -1.56. The molecule has 5 atom stereocenters. The second-order valence-electron chi connectivity index (χ2n) is 3.74. The molecular weight excluding hydrogens is 248 g/mol. The van der Waals surface area contributed by atoms with E-state index in [1.54, 1.807) is 0 Å². The predicted octanol–water partition coefficient (Wildman–Crippen LogP) is -1.82. The van der Waals surface area contributed by atoms with Crippen LogP contribution in [0.3, 0.4) is 0 Å². The van der Waals surface area contributed by atoms with E-state index in [0.717, 1.165) is 14.0 Å². The van der Waals surface area contributed by atoms with Gasteiger partial charge in [0.15, 0.2) is 18.5 Å². The summed E-state index contributed by atoms with van der Waals surface area (Å²) in [5.41, 5.74) is 0. The SMILES string of the molecule is COC(=O)[C@H]1O[C@H](OC)[C@H](O)[C@@H](O)[C@H]1OC(C)=O. The van der Waals surface area contributed by atoms with Crippen molar-refractivity contribution in [1.82, 2.24) is 0 Å². The lowest BCUT2D eigenvalue weighted by atomic mass is 9.98. The Hall–Kier alpha value is -1.22. The number of carbonyl (C=O) groups excluding carboxylic acids is 2. The average Bonchev–Trinajstić information content (AvgIpc) is 2.34. The molecule has 0 aromatic heterocycles. The first-order valence-corrected chi connectivity index (χ1v) is 5.21. The van der Waals surface area contributed by atoms with Gasteiger partial charge < -0.3 is 29.2 Å². The van der Waals surface area contributed by atoms with Gasteiger partial charge in [-0.3, -0.25) is 4.79 Å². The number of ether oxygens (including phenoxy) is 4. The molecule has 104 valence electrons. The fraction of sp³-hybridized carbons (Fsp3) is 0.800. The maximum atomic E-state index is 11.5. The van der Waals surface area contributed by atoms with E-state index >= 15 is 0 Å². The van der Waals surface area contributed by atoms with Crippen LogP contribution in [0.1, 0.15) is 6.92 Å². The molecule has 0 bridgehead atoms. The lowest BCUT2D eigenvalue weighted by molar-refractivity contribution is -0.290. The largest absolute Gasteiger partial charge is 0.467 e. The zero-order chi connectivity index (χ0) is 13.9. The minimum Gasteiger partial charge on any atom is -0.467 e. The van der Waals surface area contributed by atoms with E-state index in [1.807, 2.05) is 0 Å². The molecule has 1 saturated heterocycles. The molecule has 8 heteroatoms. The van der Waals surface area contributed by atoms with Gasteiger partial charge in [-0.1, -0.05) is 0 Å². The zero-order valence-corrected chi connectivity index (χ0v) is 10.2. The Bertz CT molecular complexity index is 317. The van der Waals surface area contributed by atoms with Crippen molar-refractivity contribution in [3.05, 3.63) is 0 Å². The first-order valence-electron chi connectivity index (χ1n) is 5.21. The van der Waals surface area contributed by atoms with Crippen molar-refractivity contribution in [3.63, 3.8) is 0 Å². The van der Waals surface area contributed by atoms with Crippen LogP contribution in [0.4, 0.5) is 0 Å². The Morgan fingerprint density at radius 2 is 1.78 bits per heavy atom. The number of hydrogen-bond acceptors (Lipinski definition) is 8. The monoisotopic (exact) mass is 264 g/mol. The first kappa shape index (κ1) is 14.8. The van der Waals surface area contributed by atoms with E-state index in [-0.39, 0.29) is 0 Å². The summed E-state index contributed by atoms with van der Waals surface area (Å²) >= 11 is 0. The number of carbonyl (C=O) groups is 2. The molecule has 0 aromatic rings. The van der Waals surface area contributed by atoms with Crippen molar-refractivity contribution in [3.8, 4) is 0 Å². The Kier molecular flexibility index (Phi) is 5.03. The van der Waals surface area contributed by atoms with Crippen molar-refractivity contribution in [2.45, 2.75) is 37.6 Å². The van der Waals surface area contributed by atoms with Gasteiger partial charge in [-0.25, -0.2) is 4.79 Å². The van der Waals surface area contributed by atoms with Crippen LogP contribution in [0, 0.1) is 0 Å². The maximum absolute atomic E-state index is 11.5. The highest BCUT2D eigenvalue weighted by molar-refractivity contribution is 5.76. The molecule has 0 aromatic carbocycles. The van der Waals surface area contributed by atoms with Gasteiger partial charge in [0.2, 0.25) is 0 Å². The van der Waals surface area contributed by atoms with Crippen molar-refractivity contribution < 1.29 is 38.7 Å². The van der Waals surface area contributed by atoms with Crippen LogP contribution in [-0.2, 0) is 28.5 Å². The van der Waals surface area contributed by atoms with E-state index in [2.05, 4.69) is 4.74 Å². The molecule has 8 nitrogen and oxygen atoms in total. The minimum absolute atomic E-state index is 0.723. The van der Waals surface area contributed by atoms with Crippen LogP contribution in [0.2, 0.25) is 0 Å². The third-order valence-electron chi connectivity index (χ3n) is 2.51. The second kappa shape index (κ2) is 6.10. The highest BCUT2D eigenvalue weighted by Gasteiger charge is 2.50. The molecule has 1 rings (SSSR count). The number of aliphatic hydroxyl groups excluding tert-OH is 2. The summed E-state index contributed by atoms with van der Waals surface area (Å²) in [5, 5.41) is 19.5. The molecule has 18 heavy (non-hydrogen) atoms. The molecule has 1 aliphatic rings. The first-order chi connectivity index (χ1) is 8.42. The molecule has 0 amide bonds. The van der Waals surface area contributed by atoms with Crippen LogP contribution in [-0.4, -0.2) is 67.1 Å². The van der Waals surface area contributed by atoms with Crippen LogP contribution >= 0.6 is 0 Å². The highest BCUT2D eigenvalue weighted by Crippen LogP contribution is 2.25. The number of aliphatic hydroxyl groups is 2. The molecule has 1 aliphatic heterocycles. The van der Waals surface area contributed by atoms with Crippen LogP contribution in [0.25, 0.3) is 0 Å². The van der Waals surface area contributed by atoms with Crippen molar-refractivity contribution >= 4 is 11.9 Å². The number of methoxy groups -OCH3 is 2. The average molecular weight is 264 g/mol. The smallest absolute Gasteiger partial charge is 0.339 e. The van der Waals surface area contributed by atoms with Gasteiger partial charge in [0.05, 0.1) is 7.11 Å². The molecule has 1 fully saturated rings. The van der Waals surface area contributed by atoms with E-state index < -0.39 is 42.6 Å². The number of hydrogen-bond donors (Lipinski definition) is 2. The lowest BCUT2D eigenvalue weighted by Crippen LogP contribution is -2.61. The fourth-order valence-corrected chi connectivity index (χ4v) is 1.66. The van der Waals surface area contributed by atoms with Crippen LogP contribution < -0.4 is 0 Å². The Labute approximate surface area is 103 Å². The number of esters is 2. The number of rotatable bonds is 3. The Morgan fingerprint density at radius 3 is 2.22 bits per heavy atom. The van der Waals surface area contributed by atoms with E-state index in [9.17, 15) is 19.8 Å². The van der Waals surface area contributed by atoms with Crippen LogP contribution in [0.15, 0.2) is 0 Å². The van der Waals surface area contributed by atoms with Gasteiger partial charge in [0, 0.05) is 14.0 Å². The van der Waals surface area contributed by atoms with Gasteiger partial charge >= 0.3 is 11.9 Å². The molecule has 0 radical (unpaired) electrons. The summed E-state index contributed by atoms with van der Waals surface area (Å²) in [6, 6.07) is 0. The van der Waals surface area contributed by atoms with Crippen molar-refractivity contribution in [2.75, 3.05) is 14.2 Å². The van der Waals surface area contributed by atoms with E-state index in [4.69, 9.17) is 14.2 Å². The summed E-state index contributed by atoms with van der Waals surface area (Å²) in [7, 11) is 2.36. The summed E-state index contributed by atoms with van der Waals surface area (Å²) in [4.78, 5) is 22.4. The Morgan fingerprint density at radius 1 is 1.17 bits per heavy atom. The third kappa shape index (κ3) is 2.96. The fourth-order valence-electron chi connectivity index (χ4n) is 1.66. The Balaban J connectivity index is 2.93.